The number of aromatic nitrogens is 1. The summed E-state index contributed by atoms with van der Waals surface area (Å²) < 4.78 is 11.0. The van der Waals surface area contributed by atoms with Crippen molar-refractivity contribution in [1.29, 1.82) is 0 Å². The highest BCUT2D eigenvalue weighted by Crippen LogP contribution is 2.31. The summed E-state index contributed by atoms with van der Waals surface area (Å²) in [5, 5.41) is 0. The first-order chi connectivity index (χ1) is 9.40. The third-order valence-corrected chi connectivity index (χ3v) is 2.85. The van der Waals surface area contributed by atoms with Crippen LogP contribution in [0.25, 0.3) is 0 Å². The van der Waals surface area contributed by atoms with Crippen LogP contribution < -0.4 is 9.64 Å². The average molecular weight is 278 g/mol. The number of hydrogen-bond acceptors (Lipinski definition) is 4. The fourth-order valence-corrected chi connectivity index (χ4v) is 2.02. The maximum Gasteiger partial charge on any atom is 0.416 e. The normalized spacial score (nSPS) is 14.5. The van der Waals surface area contributed by atoms with Crippen LogP contribution in [0.4, 0.5) is 10.6 Å². The van der Waals surface area contributed by atoms with Gasteiger partial charge in [0.05, 0.1) is 6.54 Å². The number of hydrogen-bond donors (Lipinski definition) is 0. The van der Waals surface area contributed by atoms with Crippen LogP contribution in [-0.2, 0) is 11.2 Å². The molecule has 1 aromatic rings. The molecule has 2 heterocycles. The molecule has 1 aliphatic rings. The van der Waals surface area contributed by atoms with Gasteiger partial charge in [-0.05, 0) is 39.3 Å². The van der Waals surface area contributed by atoms with Crippen LogP contribution in [0.15, 0.2) is 12.1 Å². The molecular formula is C15H22N2O3. The molecule has 0 spiro atoms. The van der Waals surface area contributed by atoms with Gasteiger partial charge in [-0.15, -0.1) is 0 Å². The molecule has 0 saturated heterocycles. The zero-order valence-corrected chi connectivity index (χ0v) is 12.6. The van der Waals surface area contributed by atoms with Gasteiger partial charge in [0.15, 0.2) is 11.6 Å². The first-order valence-corrected chi connectivity index (χ1v) is 7.04. The van der Waals surface area contributed by atoms with E-state index in [1.165, 1.54) is 0 Å². The fourth-order valence-electron chi connectivity index (χ4n) is 2.02. The second-order valence-electron chi connectivity index (χ2n) is 5.85. The van der Waals surface area contributed by atoms with E-state index in [2.05, 4.69) is 11.9 Å². The molecule has 0 atom stereocenters. The van der Waals surface area contributed by atoms with Gasteiger partial charge in [-0.2, -0.15) is 0 Å². The molecular weight excluding hydrogens is 256 g/mol. The predicted octanol–water partition coefficient (Wildman–Crippen LogP) is 3.17. The van der Waals surface area contributed by atoms with E-state index >= 15 is 0 Å². The second-order valence-corrected chi connectivity index (χ2v) is 5.85. The SMILES string of the molecule is CCCc1ccc2c(n1)N(C(=O)OC(C)(C)C)CCO2. The Bertz CT molecular complexity index is 494. The van der Waals surface area contributed by atoms with Crippen LogP contribution in [0.5, 0.6) is 5.75 Å². The molecule has 1 amide bonds. The second kappa shape index (κ2) is 5.69. The summed E-state index contributed by atoms with van der Waals surface area (Å²) in [5.41, 5.74) is 0.446. The largest absolute Gasteiger partial charge is 0.488 e. The maximum atomic E-state index is 12.3. The monoisotopic (exact) mass is 278 g/mol. The summed E-state index contributed by atoms with van der Waals surface area (Å²) in [5.74, 6) is 1.21. The molecule has 0 fully saturated rings. The molecule has 2 rings (SSSR count). The van der Waals surface area contributed by atoms with Gasteiger partial charge in [-0.25, -0.2) is 9.78 Å². The number of aryl methyl sites for hydroxylation is 1. The van der Waals surface area contributed by atoms with Gasteiger partial charge in [-0.3, -0.25) is 4.90 Å². The third-order valence-electron chi connectivity index (χ3n) is 2.85. The highest BCUT2D eigenvalue weighted by molar-refractivity contribution is 5.88. The molecule has 0 aliphatic carbocycles. The quantitative estimate of drug-likeness (QED) is 0.833. The number of carbonyl (C=O) groups excluding carboxylic acids is 1. The highest BCUT2D eigenvalue weighted by Gasteiger charge is 2.29. The summed E-state index contributed by atoms with van der Waals surface area (Å²) in [7, 11) is 0. The molecule has 1 aromatic heterocycles. The standard InChI is InChI=1S/C15H22N2O3/c1-5-6-11-7-8-12-13(16-11)17(9-10-19-12)14(18)20-15(2,3)4/h7-8H,5-6,9-10H2,1-4H3. The Balaban J connectivity index is 2.26. The fraction of sp³-hybridized carbons (Fsp3) is 0.600. The van der Waals surface area contributed by atoms with Gasteiger partial charge >= 0.3 is 6.09 Å². The molecule has 5 heteroatoms. The van der Waals surface area contributed by atoms with E-state index in [0.717, 1.165) is 18.5 Å². The van der Waals surface area contributed by atoms with Crippen LogP contribution in [0.3, 0.4) is 0 Å². The van der Waals surface area contributed by atoms with Crippen molar-refractivity contribution in [2.24, 2.45) is 0 Å². The Labute approximate surface area is 119 Å². The summed E-state index contributed by atoms with van der Waals surface area (Å²) in [6.07, 6.45) is 1.53. The van der Waals surface area contributed by atoms with Crippen LogP contribution >= 0.6 is 0 Å². The molecule has 20 heavy (non-hydrogen) atoms. The van der Waals surface area contributed by atoms with Crippen molar-refractivity contribution in [3.8, 4) is 5.75 Å². The van der Waals surface area contributed by atoms with E-state index in [4.69, 9.17) is 9.47 Å². The third kappa shape index (κ3) is 3.40. The minimum Gasteiger partial charge on any atom is -0.488 e. The van der Waals surface area contributed by atoms with Gasteiger partial charge in [0.25, 0.3) is 0 Å². The lowest BCUT2D eigenvalue weighted by atomic mass is 10.2. The summed E-state index contributed by atoms with van der Waals surface area (Å²) >= 11 is 0. The number of ether oxygens (including phenoxy) is 2. The lowest BCUT2D eigenvalue weighted by Crippen LogP contribution is -2.42. The van der Waals surface area contributed by atoms with E-state index in [0.29, 0.717) is 24.7 Å². The van der Waals surface area contributed by atoms with Gasteiger partial charge < -0.3 is 9.47 Å². The number of rotatable bonds is 2. The van der Waals surface area contributed by atoms with Crippen LogP contribution in [-0.4, -0.2) is 29.8 Å². The van der Waals surface area contributed by atoms with E-state index in [-0.39, 0.29) is 6.09 Å². The first-order valence-electron chi connectivity index (χ1n) is 7.04. The molecule has 110 valence electrons. The van der Waals surface area contributed by atoms with Gasteiger partial charge in [0.1, 0.15) is 12.2 Å². The van der Waals surface area contributed by atoms with Crippen LogP contribution in [0, 0.1) is 0 Å². The number of fused-ring (bicyclic) bond motifs is 1. The number of amides is 1. The van der Waals surface area contributed by atoms with Crippen LogP contribution in [0.2, 0.25) is 0 Å². The Morgan fingerprint density at radius 2 is 2.20 bits per heavy atom. The molecule has 0 unspecified atom stereocenters. The Hall–Kier alpha value is -1.78. The zero-order valence-electron chi connectivity index (χ0n) is 12.6. The first kappa shape index (κ1) is 14.6. The maximum absolute atomic E-state index is 12.3. The molecule has 5 nitrogen and oxygen atoms in total. The summed E-state index contributed by atoms with van der Waals surface area (Å²) in [6.45, 7) is 8.59. The topological polar surface area (TPSA) is 51.7 Å². The summed E-state index contributed by atoms with van der Waals surface area (Å²) in [4.78, 5) is 18.3. The number of nitrogens with zero attached hydrogens (tertiary/aromatic N) is 2. The van der Waals surface area contributed by atoms with Gasteiger partial charge in [-0.1, -0.05) is 13.3 Å². The lowest BCUT2D eigenvalue weighted by molar-refractivity contribution is 0.0566. The minimum absolute atomic E-state index is 0.372. The minimum atomic E-state index is -0.517. The Morgan fingerprint density at radius 3 is 2.85 bits per heavy atom. The van der Waals surface area contributed by atoms with Crippen molar-refractivity contribution in [3.05, 3.63) is 17.8 Å². The Kier molecular flexibility index (Phi) is 4.16. The van der Waals surface area contributed by atoms with Gasteiger partial charge in [0.2, 0.25) is 0 Å². The van der Waals surface area contributed by atoms with Crippen molar-refractivity contribution < 1.29 is 14.3 Å². The molecule has 0 radical (unpaired) electrons. The molecule has 0 aromatic carbocycles. The predicted molar refractivity (Wildman–Crippen MR) is 77.3 cm³/mol. The number of anilines is 1. The van der Waals surface area contributed by atoms with Gasteiger partial charge in [0, 0.05) is 5.69 Å². The molecule has 0 N–H and O–H groups in total. The molecule has 0 saturated carbocycles. The van der Waals surface area contributed by atoms with Crippen LogP contribution in [0.1, 0.15) is 39.8 Å². The van der Waals surface area contributed by atoms with Crippen molar-refractivity contribution >= 4 is 11.9 Å². The average Bonchev–Trinajstić information content (AvgIpc) is 2.36. The summed E-state index contributed by atoms with van der Waals surface area (Å²) in [6, 6.07) is 3.82. The van der Waals surface area contributed by atoms with Crippen molar-refractivity contribution in [3.63, 3.8) is 0 Å². The molecule has 0 bridgehead atoms. The smallest absolute Gasteiger partial charge is 0.416 e. The van der Waals surface area contributed by atoms with E-state index in [9.17, 15) is 4.79 Å². The van der Waals surface area contributed by atoms with Crippen molar-refractivity contribution in [1.82, 2.24) is 4.98 Å². The zero-order chi connectivity index (χ0) is 14.8. The van der Waals surface area contributed by atoms with E-state index < -0.39 is 5.60 Å². The Morgan fingerprint density at radius 1 is 1.45 bits per heavy atom. The molecule has 1 aliphatic heterocycles. The number of carbonyl (C=O) groups is 1. The van der Waals surface area contributed by atoms with Crippen molar-refractivity contribution in [2.45, 2.75) is 46.1 Å². The highest BCUT2D eigenvalue weighted by atomic mass is 16.6. The van der Waals surface area contributed by atoms with Crippen molar-refractivity contribution in [2.75, 3.05) is 18.1 Å². The number of pyridine rings is 1. The lowest BCUT2D eigenvalue weighted by Gasteiger charge is -2.30. The van der Waals surface area contributed by atoms with E-state index in [1.54, 1.807) is 4.90 Å². The van der Waals surface area contributed by atoms with E-state index in [1.807, 2.05) is 32.9 Å².